The molecule has 0 aliphatic heterocycles. The van der Waals surface area contributed by atoms with E-state index in [1.807, 2.05) is 6.07 Å². The van der Waals surface area contributed by atoms with Crippen molar-refractivity contribution < 1.29 is 9.50 Å². The van der Waals surface area contributed by atoms with Gasteiger partial charge in [0.25, 0.3) is 0 Å². The Morgan fingerprint density at radius 3 is 2.77 bits per heavy atom. The third-order valence-corrected chi connectivity index (χ3v) is 3.97. The van der Waals surface area contributed by atoms with E-state index in [9.17, 15) is 4.39 Å². The van der Waals surface area contributed by atoms with Gasteiger partial charge in [-0.05, 0) is 47.0 Å². The molecule has 0 amide bonds. The molecule has 5 nitrogen and oxygen atoms in total. The second kappa shape index (κ2) is 6.58. The Morgan fingerprint density at radius 2 is 2.09 bits per heavy atom. The molecule has 2 aromatic rings. The van der Waals surface area contributed by atoms with Gasteiger partial charge in [-0.1, -0.05) is 0 Å². The van der Waals surface area contributed by atoms with Crippen LogP contribution in [0.5, 0.6) is 0 Å². The Hall–Kier alpha value is -1.73. The summed E-state index contributed by atoms with van der Waals surface area (Å²) in [6.45, 7) is 0.401. The molecule has 1 aliphatic carbocycles. The standard InChI is InChI=1S/C15H16BrFN4O/c16-11-4-3-10(7-12(11)17)19-14-8-13(9-1-2-9)20-15(21-14)18-5-6-22/h3-4,7-9,22H,1-2,5-6H2,(H2,18,19,20,21). The van der Waals surface area contributed by atoms with Crippen molar-refractivity contribution in [3.05, 3.63) is 40.2 Å². The molecule has 22 heavy (non-hydrogen) atoms. The summed E-state index contributed by atoms with van der Waals surface area (Å²) in [6.07, 6.45) is 2.26. The summed E-state index contributed by atoms with van der Waals surface area (Å²) in [7, 11) is 0. The third-order valence-electron chi connectivity index (χ3n) is 3.33. The first-order valence-electron chi connectivity index (χ1n) is 7.11. The van der Waals surface area contributed by atoms with Gasteiger partial charge in [0.2, 0.25) is 5.95 Å². The molecule has 0 atom stereocenters. The lowest BCUT2D eigenvalue weighted by atomic mass is 10.2. The van der Waals surface area contributed by atoms with Gasteiger partial charge in [0.05, 0.1) is 16.8 Å². The summed E-state index contributed by atoms with van der Waals surface area (Å²) in [5.41, 5.74) is 1.59. The van der Waals surface area contributed by atoms with Crippen molar-refractivity contribution in [1.82, 2.24) is 9.97 Å². The number of anilines is 3. The predicted molar refractivity (Wildman–Crippen MR) is 87.0 cm³/mol. The molecule has 3 rings (SSSR count). The fourth-order valence-corrected chi connectivity index (χ4v) is 2.33. The van der Waals surface area contributed by atoms with Crippen molar-refractivity contribution in [2.45, 2.75) is 18.8 Å². The molecule has 0 unspecified atom stereocenters. The Bertz CT molecular complexity index is 679. The number of aromatic nitrogens is 2. The van der Waals surface area contributed by atoms with Crippen LogP contribution in [0.25, 0.3) is 0 Å². The van der Waals surface area contributed by atoms with Crippen LogP contribution in [0.15, 0.2) is 28.7 Å². The zero-order valence-corrected chi connectivity index (χ0v) is 13.4. The minimum absolute atomic E-state index is 0.0116. The van der Waals surface area contributed by atoms with Crippen LogP contribution in [0.2, 0.25) is 0 Å². The maximum Gasteiger partial charge on any atom is 0.224 e. The van der Waals surface area contributed by atoms with Crippen molar-refractivity contribution in [3.63, 3.8) is 0 Å². The second-order valence-corrected chi connectivity index (χ2v) is 6.03. The highest BCUT2D eigenvalue weighted by Gasteiger charge is 2.26. The summed E-state index contributed by atoms with van der Waals surface area (Å²) < 4.78 is 14.0. The SMILES string of the molecule is OCCNc1nc(Nc2ccc(Br)c(F)c2)cc(C2CC2)n1. The summed E-state index contributed by atoms with van der Waals surface area (Å²) in [6, 6.07) is 6.71. The van der Waals surface area contributed by atoms with Crippen molar-refractivity contribution in [2.75, 3.05) is 23.8 Å². The normalized spacial score (nSPS) is 14.0. The monoisotopic (exact) mass is 366 g/mol. The fourth-order valence-electron chi connectivity index (χ4n) is 2.09. The third kappa shape index (κ3) is 3.72. The number of nitrogens with one attached hydrogen (secondary N) is 2. The molecule has 116 valence electrons. The lowest BCUT2D eigenvalue weighted by Gasteiger charge is -2.11. The van der Waals surface area contributed by atoms with E-state index >= 15 is 0 Å². The molecule has 0 bridgehead atoms. The number of hydrogen-bond acceptors (Lipinski definition) is 5. The average Bonchev–Trinajstić information content (AvgIpc) is 3.33. The van der Waals surface area contributed by atoms with Crippen molar-refractivity contribution in [3.8, 4) is 0 Å². The molecule has 1 saturated carbocycles. The van der Waals surface area contributed by atoms with E-state index in [1.54, 1.807) is 12.1 Å². The highest BCUT2D eigenvalue weighted by molar-refractivity contribution is 9.10. The highest BCUT2D eigenvalue weighted by atomic mass is 79.9. The van der Waals surface area contributed by atoms with E-state index in [4.69, 9.17) is 5.11 Å². The highest BCUT2D eigenvalue weighted by Crippen LogP contribution is 2.40. The maximum absolute atomic E-state index is 13.6. The van der Waals surface area contributed by atoms with Crippen LogP contribution in [-0.4, -0.2) is 28.2 Å². The van der Waals surface area contributed by atoms with Crippen molar-refractivity contribution >= 4 is 33.4 Å². The molecule has 3 N–H and O–H groups in total. The quantitative estimate of drug-likeness (QED) is 0.730. The molecule has 0 saturated heterocycles. The number of benzene rings is 1. The van der Waals surface area contributed by atoms with E-state index in [1.165, 1.54) is 6.07 Å². The first kappa shape index (κ1) is 15.2. The fraction of sp³-hybridized carbons (Fsp3) is 0.333. The second-order valence-electron chi connectivity index (χ2n) is 5.18. The average molecular weight is 367 g/mol. The van der Waals surface area contributed by atoms with E-state index in [-0.39, 0.29) is 12.4 Å². The minimum atomic E-state index is -0.333. The Morgan fingerprint density at radius 1 is 1.27 bits per heavy atom. The smallest absolute Gasteiger partial charge is 0.224 e. The van der Waals surface area contributed by atoms with E-state index < -0.39 is 0 Å². The largest absolute Gasteiger partial charge is 0.395 e. The molecule has 1 aliphatic rings. The van der Waals surface area contributed by atoms with Crippen LogP contribution in [-0.2, 0) is 0 Å². The summed E-state index contributed by atoms with van der Waals surface area (Å²) >= 11 is 3.13. The number of nitrogens with zero attached hydrogens (tertiary/aromatic N) is 2. The number of aliphatic hydroxyl groups excluding tert-OH is 1. The zero-order chi connectivity index (χ0) is 15.5. The summed E-state index contributed by atoms with van der Waals surface area (Å²) in [5.74, 6) is 1.22. The number of aliphatic hydroxyl groups is 1. The van der Waals surface area contributed by atoms with E-state index in [0.29, 0.717) is 34.4 Å². The van der Waals surface area contributed by atoms with Crippen LogP contribution in [0.3, 0.4) is 0 Å². The van der Waals surface area contributed by atoms with Gasteiger partial charge in [0.1, 0.15) is 11.6 Å². The lowest BCUT2D eigenvalue weighted by molar-refractivity contribution is 0.311. The molecule has 1 heterocycles. The van der Waals surface area contributed by atoms with E-state index in [2.05, 4.69) is 36.5 Å². The van der Waals surface area contributed by atoms with Gasteiger partial charge < -0.3 is 15.7 Å². The van der Waals surface area contributed by atoms with Gasteiger partial charge >= 0.3 is 0 Å². The van der Waals surface area contributed by atoms with Crippen molar-refractivity contribution in [2.24, 2.45) is 0 Å². The Balaban J connectivity index is 1.84. The van der Waals surface area contributed by atoms with Gasteiger partial charge in [-0.15, -0.1) is 0 Å². The maximum atomic E-state index is 13.6. The number of halogens is 2. The first-order valence-corrected chi connectivity index (χ1v) is 7.91. The molecule has 0 spiro atoms. The molecule has 1 aromatic heterocycles. The Kier molecular flexibility index (Phi) is 4.54. The van der Waals surface area contributed by atoms with Gasteiger partial charge in [-0.2, -0.15) is 4.98 Å². The molecular weight excluding hydrogens is 351 g/mol. The summed E-state index contributed by atoms with van der Waals surface area (Å²) in [5, 5.41) is 15.0. The van der Waals surface area contributed by atoms with Gasteiger partial charge in [-0.3, -0.25) is 0 Å². The summed E-state index contributed by atoms with van der Waals surface area (Å²) in [4.78, 5) is 8.80. The number of rotatable bonds is 6. The molecular formula is C15H16BrFN4O. The van der Waals surface area contributed by atoms with Crippen LogP contribution in [0.1, 0.15) is 24.5 Å². The van der Waals surface area contributed by atoms with Crippen LogP contribution >= 0.6 is 15.9 Å². The molecule has 0 radical (unpaired) electrons. The van der Waals surface area contributed by atoms with E-state index in [0.717, 1.165) is 18.5 Å². The van der Waals surface area contributed by atoms with Crippen LogP contribution < -0.4 is 10.6 Å². The predicted octanol–water partition coefficient (Wildman–Crippen LogP) is 3.40. The number of hydrogen-bond donors (Lipinski definition) is 3. The molecule has 7 heteroatoms. The van der Waals surface area contributed by atoms with Crippen molar-refractivity contribution in [1.29, 1.82) is 0 Å². The first-order chi connectivity index (χ1) is 10.7. The van der Waals surface area contributed by atoms with Gasteiger partial charge in [-0.25, -0.2) is 9.37 Å². The molecule has 1 aromatic carbocycles. The van der Waals surface area contributed by atoms with Crippen LogP contribution in [0.4, 0.5) is 21.8 Å². The van der Waals surface area contributed by atoms with Crippen LogP contribution in [0, 0.1) is 5.82 Å². The lowest BCUT2D eigenvalue weighted by Crippen LogP contribution is -2.10. The van der Waals surface area contributed by atoms with Gasteiger partial charge in [0, 0.05) is 24.2 Å². The van der Waals surface area contributed by atoms with Gasteiger partial charge in [0.15, 0.2) is 0 Å². The minimum Gasteiger partial charge on any atom is -0.395 e. The topological polar surface area (TPSA) is 70.1 Å². The molecule has 1 fully saturated rings. The zero-order valence-electron chi connectivity index (χ0n) is 11.8. The Labute approximate surface area is 136 Å².